The third-order valence-corrected chi connectivity index (χ3v) is 4.94. The number of nitrogens with zero attached hydrogens (tertiary/aromatic N) is 1. The molecule has 1 aromatic carbocycles. The van der Waals surface area contributed by atoms with Gasteiger partial charge in [0.05, 0.1) is 0 Å². The van der Waals surface area contributed by atoms with Gasteiger partial charge in [-0.15, -0.1) is 0 Å². The first-order valence-corrected chi connectivity index (χ1v) is 7.81. The summed E-state index contributed by atoms with van der Waals surface area (Å²) in [7, 11) is 0. The fourth-order valence-electron chi connectivity index (χ4n) is 3.35. The summed E-state index contributed by atoms with van der Waals surface area (Å²) in [5.74, 6) is 0.696. The smallest absolute Gasteiger partial charge is 0.0422 e. The molecule has 1 saturated heterocycles. The molecule has 0 spiro atoms. The van der Waals surface area contributed by atoms with E-state index in [0.29, 0.717) is 12.0 Å². The summed E-state index contributed by atoms with van der Waals surface area (Å²) in [5.41, 5.74) is 1.47. The molecule has 0 aromatic heterocycles. The van der Waals surface area contributed by atoms with Gasteiger partial charge in [-0.25, -0.2) is 0 Å². The zero-order valence-corrected chi connectivity index (χ0v) is 12.3. The first-order chi connectivity index (χ1) is 8.86. The summed E-state index contributed by atoms with van der Waals surface area (Å²) in [4.78, 5) is 2.68. The fourth-order valence-corrected chi connectivity index (χ4v) is 3.87. The van der Waals surface area contributed by atoms with E-state index in [9.17, 15) is 0 Å². The molecule has 2 aliphatic rings. The maximum absolute atomic E-state index is 3.74. The van der Waals surface area contributed by atoms with Crippen LogP contribution in [-0.2, 0) is 0 Å². The van der Waals surface area contributed by atoms with Crippen molar-refractivity contribution in [1.29, 1.82) is 0 Å². The van der Waals surface area contributed by atoms with Crippen molar-refractivity contribution in [3.8, 4) is 0 Å². The van der Waals surface area contributed by atoms with E-state index < -0.39 is 0 Å². The summed E-state index contributed by atoms with van der Waals surface area (Å²) in [5, 5.41) is 0. The van der Waals surface area contributed by atoms with Crippen molar-refractivity contribution >= 4 is 15.9 Å². The lowest BCUT2D eigenvalue weighted by Gasteiger charge is -2.33. The molecule has 18 heavy (non-hydrogen) atoms. The second kappa shape index (κ2) is 5.58. The van der Waals surface area contributed by atoms with Crippen LogP contribution in [0.1, 0.15) is 37.3 Å². The molecule has 0 unspecified atom stereocenters. The Labute approximate surface area is 118 Å². The molecule has 0 saturated carbocycles. The van der Waals surface area contributed by atoms with Crippen LogP contribution in [0.3, 0.4) is 0 Å². The minimum Gasteiger partial charge on any atom is -0.296 e. The van der Waals surface area contributed by atoms with Gasteiger partial charge in [-0.05, 0) is 56.3 Å². The predicted molar refractivity (Wildman–Crippen MR) is 79.6 cm³/mol. The molecule has 96 valence electrons. The van der Waals surface area contributed by atoms with Crippen LogP contribution in [0, 0.1) is 5.92 Å². The Morgan fingerprint density at radius 3 is 2.61 bits per heavy atom. The maximum atomic E-state index is 3.74. The number of likely N-dealkylation sites (tertiary alicyclic amines) is 1. The van der Waals surface area contributed by atoms with Gasteiger partial charge in [0.15, 0.2) is 0 Å². The van der Waals surface area contributed by atoms with Gasteiger partial charge in [0, 0.05) is 10.5 Å². The average molecular weight is 306 g/mol. The van der Waals surface area contributed by atoms with Crippen LogP contribution in [0.2, 0.25) is 0 Å². The number of hydrogen-bond acceptors (Lipinski definition) is 1. The summed E-state index contributed by atoms with van der Waals surface area (Å²) >= 11 is 3.74. The predicted octanol–water partition coefficient (Wildman–Crippen LogP) is 4.55. The molecular formula is C16H20BrN. The fraction of sp³-hybridized carbons (Fsp3) is 0.500. The third kappa shape index (κ3) is 2.41. The third-order valence-electron chi connectivity index (χ3n) is 4.21. The van der Waals surface area contributed by atoms with E-state index >= 15 is 0 Å². The first kappa shape index (κ1) is 12.4. The van der Waals surface area contributed by atoms with E-state index in [-0.39, 0.29) is 0 Å². The van der Waals surface area contributed by atoms with Gasteiger partial charge in [0.1, 0.15) is 0 Å². The average Bonchev–Trinajstić information content (AvgIpc) is 3.05. The van der Waals surface area contributed by atoms with Crippen LogP contribution in [0.4, 0.5) is 0 Å². The molecule has 1 heterocycles. The second-order valence-corrected chi connectivity index (χ2v) is 6.23. The molecule has 1 nitrogen and oxygen atoms in total. The Morgan fingerprint density at radius 1 is 1.17 bits per heavy atom. The number of rotatable bonds is 3. The van der Waals surface area contributed by atoms with Crippen molar-refractivity contribution in [1.82, 2.24) is 4.90 Å². The zero-order chi connectivity index (χ0) is 12.4. The molecule has 0 bridgehead atoms. The van der Waals surface area contributed by atoms with Gasteiger partial charge >= 0.3 is 0 Å². The van der Waals surface area contributed by atoms with Crippen LogP contribution in [0.15, 0.2) is 40.9 Å². The lowest BCUT2D eigenvalue weighted by molar-refractivity contribution is 0.196. The Hall–Kier alpha value is -0.600. The van der Waals surface area contributed by atoms with Crippen molar-refractivity contribution in [3.63, 3.8) is 0 Å². The number of allylic oxidation sites excluding steroid dienone is 1. The first-order valence-electron chi connectivity index (χ1n) is 7.01. The van der Waals surface area contributed by atoms with Gasteiger partial charge in [0.25, 0.3) is 0 Å². The lowest BCUT2D eigenvalue weighted by atomic mass is 9.91. The molecule has 0 radical (unpaired) electrons. The maximum Gasteiger partial charge on any atom is 0.0422 e. The highest BCUT2D eigenvalue weighted by molar-refractivity contribution is 9.10. The van der Waals surface area contributed by atoms with Gasteiger partial charge in [-0.2, -0.15) is 0 Å². The molecule has 0 amide bonds. The normalized spacial score (nSPS) is 25.7. The Kier molecular flexibility index (Phi) is 3.86. The van der Waals surface area contributed by atoms with Gasteiger partial charge in [-0.1, -0.05) is 46.3 Å². The van der Waals surface area contributed by atoms with Crippen LogP contribution >= 0.6 is 15.9 Å². The standard InChI is InChI=1S/C16H20BrN/c17-15-10-4-3-9-14(15)16(13-7-1-2-8-13)18-11-5-6-12-18/h1,3-4,7,9-10,13,16H,2,5-6,8,11-12H2/t13-,16-/m0/s1. The second-order valence-electron chi connectivity index (χ2n) is 5.38. The van der Waals surface area contributed by atoms with E-state index in [2.05, 4.69) is 57.2 Å². The molecule has 0 N–H and O–H groups in total. The van der Waals surface area contributed by atoms with E-state index in [1.54, 1.807) is 0 Å². The van der Waals surface area contributed by atoms with Crippen LogP contribution in [0.25, 0.3) is 0 Å². The highest BCUT2D eigenvalue weighted by Crippen LogP contribution is 2.40. The summed E-state index contributed by atoms with van der Waals surface area (Å²) < 4.78 is 1.27. The van der Waals surface area contributed by atoms with Gasteiger partial charge in [-0.3, -0.25) is 4.90 Å². The summed E-state index contributed by atoms with van der Waals surface area (Å²) in [6.07, 6.45) is 10.1. The minimum absolute atomic E-state index is 0.571. The topological polar surface area (TPSA) is 3.24 Å². The van der Waals surface area contributed by atoms with E-state index in [1.807, 2.05) is 0 Å². The van der Waals surface area contributed by atoms with E-state index in [0.717, 1.165) is 0 Å². The minimum atomic E-state index is 0.571. The molecule has 1 aliphatic heterocycles. The van der Waals surface area contributed by atoms with Crippen molar-refractivity contribution in [2.45, 2.75) is 31.7 Å². The summed E-state index contributed by atoms with van der Waals surface area (Å²) in [6.45, 7) is 2.52. The molecule has 2 heteroatoms. The molecule has 2 atom stereocenters. The van der Waals surface area contributed by atoms with Crippen molar-refractivity contribution in [2.24, 2.45) is 5.92 Å². The molecule has 1 fully saturated rings. The molecule has 1 aromatic rings. The van der Waals surface area contributed by atoms with Gasteiger partial charge < -0.3 is 0 Å². The van der Waals surface area contributed by atoms with Crippen LogP contribution in [0.5, 0.6) is 0 Å². The Bertz CT molecular complexity index is 434. The van der Waals surface area contributed by atoms with Crippen molar-refractivity contribution in [3.05, 3.63) is 46.5 Å². The highest BCUT2D eigenvalue weighted by Gasteiger charge is 2.31. The molecule has 1 aliphatic carbocycles. The molecule has 3 rings (SSSR count). The van der Waals surface area contributed by atoms with E-state index in [1.165, 1.54) is 48.8 Å². The van der Waals surface area contributed by atoms with Crippen molar-refractivity contribution in [2.75, 3.05) is 13.1 Å². The Morgan fingerprint density at radius 2 is 1.94 bits per heavy atom. The summed E-state index contributed by atoms with van der Waals surface area (Å²) in [6, 6.07) is 9.32. The molecular weight excluding hydrogens is 286 g/mol. The van der Waals surface area contributed by atoms with E-state index in [4.69, 9.17) is 0 Å². The Balaban J connectivity index is 1.93. The van der Waals surface area contributed by atoms with Crippen LogP contribution < -0.4 is 0 Å². The van der Waals surface area contributed by atoms with Gasteiger partial charge in [0.2, 0.25) is 0 Å². The lowest BCUT2D eigenvalue weighted by Crippen LogP contribution is -2.30. The zero-order valence-electron chi connectivity index (χ0n) is 10.7. The highest BCUT2D eigenvalue weighted by atomic mass is 79.9. The monoisotopic (exact) mass is 305 g/mol. The number of halogens is 1. The van der Waals surface area contributed by atoms with Crippen LogP contribution in [-0.4, -0.2) is 18.0 Å². The SMILES string of the molecule is Brc1ccccc1[C@H]([C@H]1C=CCC1)N1CCCC1. The quantitative estimate of drug-likeness (QED) is 0.740. The number of benzene rings is 1. The van der Waals surface area contributed by atoms with Crippen molar-refractivity contribution < 1.29 is 0 Å². The largest absolute Gasteiger partial charge is 0.296 e. The number of hydrogen-bond donors (Lipinski definition) is 0.